The van der Waals surface area contributed by atoms with Gasteiger partial charge in [0.05, 0.1) is 12.5 Å². The van der Waals surface area contributed by atoms with Crippen LogP contribution < -0.4 is 0 Å². The number of halogens is 2. The summed E-state index contributed by atoms with van der Waals surface area (Å²) in [5, 5.41) is 0. The maximum absolute atomic E-state index is 12.7. The number of hydrogen-bond donors (Lipinski definition) is 0. The summed E-state index contributed by atoms with van der Waals surface area (Å²) in [5.41, 5.74) is 0. The van der Waals surface area contributed by atoms with E-state index in [4.69, 9.17) is 25.5 Å². The van der Waals surface area contributed by atoms with Crippen LogP contribution in [0.5, 0.6) is 0 Å². The van der Waals surface area contributed by atoms with E-state index in [1.54, 1.807) is 7.11 Å². The summed E-state index contributed by atoms with van der Waals surface area (Å²) in [6.07, 6.45) is 0.595. The molecule has 1 aromatic heterocycles. The van der Waals surface area contributed by atoms with E-state index >= 15 is 0 Å². The zero-order valence-electron chi connectivity index (χ0n) is 12.0. The molecule has 0 N–H and O–H groups in total. The highest BCUT2D eigenvalue weighted by Crippen LogP contribution is 2.29. The molecule has 0 aliphatic heterocycles. The van der Waals surface area contributed by atoms with E-state index in [2.05, 4.69) is 15.9 Å². The van der Waals surface area contributed by atoms with E-state index < -0.39 is 10.0 Å². The van der Waals surface area contributed by atoms with Gasteiger partial charge in [0.15, 0.2) is 4.67 Å². The summed E-state index contributed by atoms with van der Waals surface area (Å²) >= 11 is 8.79. The molecule has 1 aromatic rings. The van der Waals surface area contributed by atoms with Gasteiger partial charge in [-0.2, -0.15) is 4.31 Å². The molecule has 0 aliphatic rings. The minimum Gasteiger partial charge on any atom is -0.452 e. The molecule has 21 heavy (non-hydrogen) atoms. The van der Waals surface area contributed by atoms with Crippen molar-refractivity contribution in [2.75, 3.05) is 40.5 Å². The molecule has 0 bridgehead atoms. The Morgan fingerprint density at radius 1 is 1.29 bits per heavy atom. The number of ether oxygens (including phenoxy) is 2. The Hall–Kier alpha value is -0.120. The molecule has 0 aliphatic carbocycles. The van der Waals surface area contributed by atoms with Crippen molar-refractivity contribution in [2.24, 2.45) is 0 Å². The van der Waals surface area contributed by atoms with Crippen LogP contribution in [0.3, 0.4) is 0 Å². The van der Waals surface area contributed by atoms with Gasteiger partial charge in [0.1, 0.15) is 10.7 Å². The number of furan rings is 1. The Labute approximate surface area is 138 Å². The summed E-state index contributed by atoms with van der Waals surface area (Å²) in [4.78, 5) is 0.0756. The SMILES string of the molecule is COCCCN(CCOC)S(=O)(=O)c1cc(CCl)oc1Br. The highest BCUT2D eigenvalue weighted by atomic mass is 79.9. The Morgan fingerprint density at radius 2 is 1.95 bits per heavy atom. The van der Waals surface area contributed by atoms with Crippen LogP contribution in [0.4, 0.5) is 0 Å². The molecule has 0 radical (unpaired) electrons. The normalized spacial score (nSPS) is 12.2. The molecule has 9 heteroatoms. The summed E-state index contributed by atoms with van der Waals surface area (Å²) < 4.78 is 42.1. The van der Waals surface area contributed by atoms with E-state index in [0.717, 1.165) is 0 Å². The lowest BCUT2D eigenvalue weighted by atomic mass is 10.4. The van der Waals surface area contributed by atoms with Crippen molar-refractivity contribution in [1.29, 1.82) is 0 Å². The molecule has 0 unspecified atom stereocenters. The standard InChI is InChI=1S/C12H19BrClNO5S/c1-18-6-3-4-15(5-7-19-2)21(16,17)11-8-10(9-14)20-12(11)13/h8H,3-7,9H2,1-2H3. The second kappa shape index (κ2) is 9.12. The number of alkyl halides is 1. The highest BCUT2D eigenvalue weighted by molar-refractivity contribution is 9.10. The van der Waals surface area contributed by atoms with E-state index in [9.17, 15) is 8.42 Å². The summed E-state index contributed by atoms with van der Waals surface area (Å²) in [7, 11) is -0.571. The predicted molar refractivity (Wildman–Crippen MR) is 83.1 cm³/mol. The highest BCUT2D eigenvalue weighted by Gasteiger charge is 2.29. The lowest BCUT2D eigenvalue weighted by Gasteiger charge is -2.21. The second-order valence-corrected chi connectivity index (χ2v) is 7.12. The van der Waals surface area contributed by atoms with Crippen molar-refractivity contribution in [2.45, 2.75) is 17.2 Å². The van der Waals surface area contributed by atoms with E-state index in [1.165, 1.54) is 17.5 Å². The third-order valence-electron chi connectivity index (χ3n) is 2.76. The first-order chi connectivity index (χ1) is 9.97. The summed E-state index contributed by atoms with van der Waals surface area (Å²) in [5.74, 6) is 0.501. The number of sulfonamides is 1. The first-order valence-corrected chi connectivity index (χ1v) is 9.06. The Bertz CT molecular complexity index is 534. The Kier molecular flexibility index (Phi) is 8.22. The minimum atomic E-state index is -3.68. The fourth-order valence-electron chi connectivity index (χ4n) is 1.71. The van der Waals surface area contributed by atoms with Gasteiger partial charge in [0, 0.05) is 40.0 Å². The smallest absolute Gasteiger partial charge is 0.247 e. The second-order valence-electron chi connectivity index (χ2n) is 4.23. The Balaban J connectivity index is 2.98. The van der Waals surface area contributed by atoms with Crippen LogP contribution in [0.15, 0.2) is 20.0 Å². The third kappa shape index (κ3) is 5.22. The quantitative estimate of drug-likeness (QED) is 0.442. The summed E-state index contributed by atoms with van der Waals surface area (Å²) in [6, 6.07) is 1.43. The van der Waals surface area contributed by atoms with Crippen LogP contribution in [-0.4, -0.2) is 53.2 Å². The van der Waals surface area contributed by atoms with Crippen molar-refractivity contribution in [3.63, 3.8) is 0 Å². The number of rotatable bonds is 10. The van der Waals surface area contributed by atoms with Crippen LogP contribution >= 0.6 is 27.5 Å². The van der Waals surface area contributed by atoms with Crippen LogP contribution in [0.2, 0.25) is 0 Å². The number of methoxy groups -OCH3 is 2. The van der Waals surface area contributed by atoms with E-state index in [1.807, 2.05) is 0 Å². The van der Waals surface area contributed by atoms with Crippen molar-refractivity contribution in [3.8, 4) is 0 Å². The Morgan fingerprint density at radius 3 is 2.48 bits per heavy atom. The predicted octanol–water partition coefficient (Wildman–Crippen LogP) is 2.45. The van der Waals surface area contributed by atoms with Crippen LogP contribution in [0.25, 0.3) is 0 Å². The zero-order valence-corrected chi connectivity index (χ0v) is 15.1. The molecule has 122 valence electrons. The third-order valence-corrected chi connectivity index (χ3v) is 5.78. The molecule has 6 nitrogen and oxygen atoms in total. The van der Waals surface area contributed by atoms with E-state index in [0.29, 0.717) is 31.9 Å². The molecule has 1 rings (SSSR count). The van der Waals surface area contributed by atoms with Crippen molar-refractivity contribution in [3.05, 3.63) is 16.5 Å². The lowest BCUT2D eigenvalue weighted by Crippen LogP contribution is -2.35. The van der Waals surface area contributed by atoms with Crippen molar-refractivity contribution in [1.82, 2.24) is 4.31 Å². The van der Waals surface area contributed by atoms with Gasteiger partial charge in [-0.3, -0.25) is 0 Å². The molecule has 0 spiro atoms. The average molecular weight is 405 g/mol. The molecule has 0 fully saturated rings. The van der Waals surface area contributed by atoms with Gasteiger partial charge >= 0.3 is 0 Å². The van der Waals surface area contributed by atoms with Crippen LogP contribution in [-0.2, 0) is 25.4 Å². The van der Waals surface area contributed by atoms with Gasteiger partial charge in [0.2, 0.25) is 10.0 Å². The lowest BCUT2D eigenvalue weighted by molar-refractivity contribution is 0.164. The average Bonchev–Trinajstić information content (AvgIpc) is 2.84. The largest absolute Gasteiger partial charge is 0.452 e. The fraction of sp³-hybridized carbons (Fsp3) is 0.667. The topological polar surface area (TPSA) is 69.0 Å². The van der Waals surface area contributed by atoms with Gasteiger partial charge in [-0.05, 0) is 22.4 Å². The monoisotopic (exact) mass is 403 g/mol. The molecule has 1 heterocycles. The molecule has 0 saturated heterocycles. The van der Waals surface area contributed by atoms with Gasteiger partial charge in [-0.15, -0.1) is 11.6 Å². The molecule has 0 amide bonds. The first kappa shape index (κ1) is 18.9. The first-order valence-electron chi connectivity index (χ1n) is 6.29. The van der Waals surface area contributed by atoms with Crippen molar-refractivity contribution >= 4 is 37.6 Å². The molecule has 0 atom stereocenters. The number of hydrogen-bond acceptors (Lipinski definition) is 5. The molecular weight excluding hydrogens is 386 g/mol. The van der Waals surface area contributed by atoms with Gasteiger partial charge in [-0.25, -0.2) is 8.42 Å². The number of nitrogens with zero attached hydrogens (tertiary/aromatic N) is 1. The van der Waals surface area contributed by atoms with E-state index in [-0.39, 0.29) is 22.0 Å². The van der Waals surface area contributed by atoms with Gasteiger partial charge < -0.3 is 13.9 Å². The minimum absolute atomic E-state index is 0.0756. The van der Waals surface area contributed by atoms with Gasteiger partial charge in [-0.1, -0.05) is 0 Å². The maximum atomic E-state index is 12.7. The van der Waals surface area contributed by atoms with Crippen molar-refractivity contribution < 1.29 is 22.3 Å². The molecule has 0 saturated carbocycles. The summed E-state index contributed by atoms with van der Waals surface area (Å²) in [6.45, 7) is 1.40. The van der Waals surface area contributed by atoms with Crippen LogP contribution in [0.1, 0.15) is 12.2 Å². The molecular formula is C12H19BrClNO5S. The molecule has 0 aromatic carbocycles. The fourth-order valence-corrected chi connectivity index (χ4v) is 4.26. The zero-order chi connectivity index (χ0) is 15.9. The van der Waals surface area contributed by atoms with Crippen LogP contribution in [0, 0.1) is 0 Å². The van der Waals surface area contributed by atoms with Gasteiger partial charge in [0.25, 0.3) is 0 Å². The maximum Gasteiger partial charge on any atom is 0.247 e.